The van der Waals surface area contributed by atoms with Crippen LogP contribution in [0.3, 0.4) is 0 Å². The second-order valence-corrected chi connectivity index (χ2v) is 6.34. The first-order chi connectivity index (χ1) is 8.90. The lowest BCUT2D eigenvalue weighted by atomic mass is 10.3. The quantitative estimate of drug-likeness (QED) is 0.883. The highest BCUT2D eigenvalue weighted by molar-refractivity contribution is 9.10. The molecule has 1 N–H and O–H groups in total. The first kappa shape index (κ1) is 14.1. The van der Waals surface area contributed by atoms with Gasteiger partial charge in [0.25, 0.3) is 10.0 Å². The van der Waals surface area contributed by atoms with Crippen LogP contribution in [-0.4, -0.2) is 28.4 Å². The molecule has 2 rings (SSSR count). The van der Waals surface area contributed by atoms with Gasteiger partial charge in [0, 0.05) is 12.7 Å². The number of nitrogens with one attached hydrogen (secondary N) is 1. The Balaban J connectivity index is 2.19. The molecular formula is C10H12BrN5O2S. The lowest BCUT2D eigenvalue weighted by Crippen LogP contribution is -2.26. The monoisotopic (exact) mass is 345 g/mol. The molecule has 102 valence electrons. The van der Waals surface area contributed by atoms with E-state index in [0.717, 1.165) is 5.69 Å². The summed E-state index contributed by atoms with van der Waals surface area (Å²) in [5.41, 5.74) is 1.48. The van der Waals surface area contributed by atoms with E-state index in [1.165, 1.54) is 11.7 Å². The van der Waals surface area contributed by atoms with E-state index in [0.29, 0.717) is 5.69 Å². The highest BCUT2D eigenvalue weighted by Crippen LogP contribution is 2.17. The Morgan fingerprint density at radius 2 is 2.16 bits per heavy atom. The Morgan fingerprint density at radius 3 is 2.74 bits per heavy atom. The average Bonchev–Trinajstić information content (AvgIpc) is 2.67. The van der Waals surface area contributed by atoms with E-state index in [-0.39, 0.29) is 16.2 Å². The molecule has 0 aliphatic heterocycles. The van der Waals surface area contributed by atoms with E-state index in [9.17, 15) is 8.42 Å². The third kappa shape index (κ3) is 3.17. The first-order valence-corrected chi connectivity index (χ1v) is 7.65. The lowest BCUT2D eigenvalue weighted by molar-refractivity contribution is 0.559. The van der Waals surface area contributed by atoms with Gasteiger partial charge in [0.1, 0.15) is 0 Å². The van der Waals surface area contributed by atoms with Gasteiger partial charge in [0.2, 0.25) is 5.03 Å². The van der Waals surface area contributed by atoms with Gasteiger partial charge in [0.05, 0.1) is 12.2 Å². The van der Waals surface area contributed by atoms with Gasteiger partial charge < -0.3 is 0 Å². The summed E-state index contributed by atoms with van der Waals surface area (Å²) in [6.45, 7) is 1.96. The Kier molecular flexibility index (Phi) is 3.97. The molecule has 0 radical (unpaired) electrons. The molecule has 0 spiro atoms. The van der Waals surface area contributed by atoms with Gasteiger partial charge in [-0.1, -0.05) is 11.3 Å². The minimum atomic E-state index is -3.69. The SMILES string of the molecule is Cc1cccc(CNS(=O)(=O)c2c(Br)nnn2C)n1. The van der Waals surface area contributed by atoms with Gasteiger partial charge >= 0.3 is 0 Å². The zero-order valence-corrected chi connectivity index (χ0v) is 12.7. The van der Waals surface area contributed by atoms with Crippen molar-refractivity contribution < 1.29 is 8.42 Å². The van der Waals surface area contributed by atoms with Gasteiger partial charge in [-0.05, 0) is 35.0 Å². The summed E-state index contributed by atoms with van der Waals surface area (Å²) in [4.78, 5) is 4.23. The second kappa shape index (κ2) is 5.35. The molecule has 9 heteroatoms. The number of rotatable bonds is 4. The number of hydrogen-bond acceptors (Lipinski definition) is 5. The number of sulfonamides is 1. The van der Waals surface area contributed by atoms with Crippen LogP contribution in [0.4, 0.5) is 0 Å². The molecule has 0 aromatic carbocycles. The molecule has 0 fully saturated rings. The van der Waals surface area contributed by atoms with E-state index in [1.54, 1.807) is 6.07 Å². The van der Waals surface area contributed by atoms with Crippen molar-refractivity contribution in [1.82, 2.24) is 24.7 Å². The predicted octanol–water partition coefficient (Wildman–Crippen LogP) is 0.760. The van der Waals surface area contributed by atoms with Crippen molar-refractivity contribution >= 4 is 26.0 Å². The Morgan fingerprint density at radius 1 is 1.42 bits per heavy atom. The standard InChI is InChI=1S/C10H12BrN5O2S/c1-7-4-3-5-8(13-7)6-12-19(17,18)10-9(11)14-15-16(10)2/h3-5,12H,6H2,1-2H3. The van der Waals surface area contributed by atoms with Crippen LogP contribution in [0.15, 0.2) is 27.8 Å². The molecule has 0 amide bonds. The molecule has 0 aliphatic rings. The Labute approximate surface area is 119 Å². The van der Waals surface area contributed by atoms with Gasteiger partial charge in [-0.3, -0.25) is 4.98 Å². The fourth-order valence-corrected chi connectivity index (χ4v) is 3.63. The molecule has 2 aromatic rings. The van der Waals surface area contributed by atoms with Crippen LogP contribution >= 0.6 is 15.9 Å². The first-order valence-electron chi connectivity index (χ1n) is 5.37. The van der Waals surface area contributed by atoms with E-state index >= 15 is 0 Å². The molecule has 2 heterocycles. The van der Waals surface area contributed by atoms with Gasteiger partial charge in [-0.15, -0.1) is 5.10 Å². The predicted molar refractivity (Wildman–Crippen MR) is 71.7 cm³/mol. The van der Waals surface area contributed by atoms with Crippen molar-refractivity contribution in [3.8, 4) is 0 Å². The van der Waals surface area contributed by atoms with Crippen molar-refractivity contribution in [2.24, 2.45) is 7.05 Å². The number of aryl methyl sites for hydroxylation is 2. The Bertz CT molecular complexity index is 678. The van der Waals surface area contributed by atoms with Crippen LogP contribution in [0, 0.1) is 6.92 Å². The summed E-state index contributed by atoms with van der Waals surface area (Å²) in [7, 11) is -2.18. The van der Waals surface area contributed by atoms with Crippen LogP contribution in [0.1, 0.15) is 11.4 Å². The normalized spacial score (nSPS) is 11.7. The molecule has 0 atom stereocenters. The summed E-state index contributed by atoms with van der Waals surface area (Å²) in [6, 6.07) is 5.43. The molecular weight excluding hydrogens is 334 g/mol. The molecule has 0 saturated carbocycles. The maximum atomic E-state index is 12.1. The topological polar surface area (TPSA) is 89.8 Å². The summed E-state index contributed by atoms with van der Waals surface area (Å²) in [5, 5.41) is 7.27. The third-order valence-electron chi connectivity index (χ3n) is 2.38. The van der Waals surface area contributed by atoms with Crippen molar-refractivity contribution in [2.45, 2.75) is 18.5 Å². The van der Waals surface area contributed by atoms with E-state index in [2.05, 4.69) is 35.9 Å². The summed E-state index contributed by atoms with van der Waals surface area (Å²) >= 11 is 3.06. The van der Waals surface area contributed by atoms with Gasteiger partial charge in [-0.2, -0.15) is 0 Å². The number of aromatic nitrogens is 4. The number of halogens is 1. The molecule has 2 aromatic heterocycles. The van der Waals surface area contributed by atoms with E-state index < -0.39 is 10.0 Å². The molecule has 0 aliphatic carbocycles. The maximum Gasteiger partial charge on any atom is 0.260 e. The minimum Gasteiger partial charge on any atom is -0.257 e. The summed E-state index contributed by atoms with van der Waals surface area (Å²) < 4.78 is 28.1. The van der Waals surface area contributed by atoms with E-state index in [4.69, 9.17) is 0 Å². The fourth-order valence-electron chi connectivity index (χ4n) is 1.54. The molecule has 7 nitrogen and oxygen atoms in total. The largest absolute Gasteiger partial charge is 0.260 e. The molecule has 0 bridgehead atoms. The average molecular weight is 346 g/mol. The van der Waals surface area contributed by atoms with Crippen LogP contribution in [0.2, 0.25) is 0 Å². The van der Waals surface area contributed by atoms with Crippen molar-refractivity contribution in [3.05, 3.63) is 34.2 Å². The molecule has 0 saturated heterocycles. The van der Waals surface area contributed by atoms with Crippen LogP contribution in [0.25, 0.3) is 0 Å². The van der Waals surface area contributed by atoms with Crippen LogP contribution in [0.5, 0.6) is 0 Å². The highest BCUT2D eigenvalue weighted by atomic mass is 79.9. The van der Waals surface area contributed by atoms with E-state index in [1.807, 2.05) is 19.1 Å². The third-order valence-corrected chi connectivity index (χ3v) is 4.67. The molecule has 0 unspecified atom stereocenters. The van der Waals surface area contributed by atoms with Crippen LogP contribution < -0.4 is 4.72 Å². The highest BCUT2D eigenvalue weighted by Gasteiger charge is 2.23. The minimum absolute atomic E-state index is 0.0137. The fraction of sp³-hybridized carbons (Fsp3) is 0.300. The smallest absolute Gasteiger partial charge is 0.257 e. The Hall–Kier alpha value is -1.32. The summed E-state index contributed by atoms with van der Waals surface area (Å²) in [6.07, 6.45) is 0. The van der Waals surface area contributed by atoms with Crippen molar-refractivity contribution in [1.29, 1.82) is 0 Å². The van der Waals surface area contributed by atoms with Crippen molar-refractivity contribution in [2.75, 3.05) is 0 Å². The number of nitrogens with zero attached hydrogens (tertiary/aromatic N) is 4. The van der Waals surface area contributed by atoms with Crippen molar-refractivity contribution in [3.63, 3.8) is 0 Å². The lowest BCUT2D eigenvalue weighted by Gasteiger charge is -2.06. The maximum absolute atomic E-state index is 12.1. The zero-order chi connectivity index (χ0) is 14.0. The zero-order valence-electron chi connectivity index (χ0n) is 10.3. The molecule has 19 heavy (non-hydrogen) atoms. The second-order valence-electron chi connectivity index (χ2n) is 3.90. The van der Waals surface area contributed by atoms with Crippen LogP contribution in [-0.2, 0) is 23.6 Å². The number of pyridine rings is 1. The summed E-state index contributed by atoms with van der Waals surface area (Å²) in [5.74, 6) is 0. The number of hydrogen-bond donors (Lipinski definition) is 1. The van der Waals surface area contributed by atoms with Gasteiger partial charge in [0.15, 0.2) is 4.60 Å². The van der Waals surface area contributed by atoms with Gasteiger partial charge in [-0.25, -0.2) is 17.8 Å².